The van der Waals surface area contributed by atoms with Crippen LogP contribution in [0.2, 0.25) is 5.02 Å². The number of benzene rings is 1. The molecule has 0 aliphatic carbocycles. The first-order chi connectivity index (χ1) is 10.7. The third-order valence-corrected chi connectivity index (χ3v) is 3.96. The van der Waals surface area contributed by atoms with Crippen LogP contribution in [0.3, 0.4) is 0 Å². The van der Waals surface area contributed by atoms with E-state index in [1.807, 2.05) is 30.5 Å². The summed E-state index contributed by atoms with van der Waals surface area (Å²) in [6, 6.07) is 14.2. The smallest absolute Gasteiger partial charge is 0.0773 e. The lowest BCUT2D eigenvalue weighted by Gasteiger charge is -2.28. The van der Waals surface area contributed by atoms with Crippen molar-refractivity contribution in [2.75, 3.05) is 27.3 Å². The van der Waals surface area contributed by atoms with E-state index in [4.69, 9.17) is 16.3 Å². The summed E-state index contributed by atoms with van der Waals surface area (Å²) < 4.78 is 5.12. The Bertz CT molecular complexity index is 545. The van der Waals surface area contributed by atoms with Crippen LogP contribution >= 0.6 is 11.6 Å². The molecule has 0 amide bonds. The van der Waals surface area contributed by atoms with Crippen molar-refractivity contribution in [1.82, 2.24) is 9.88 Å². The lowest BCUT2D eigenvalue weighted by molar-refractivity contribution is 0.183. The van der Waals surface area contributed by atoms with Gasteiger partial charge < -0.3 is 4.74 Å². The molecule has 2 rings (SSSR count). The maximum Gasteiger partial charge on any atom is 0.0773 e. The van der Waals surface area contributed by atoms with Crippen molar-refractivity contribution >= 4 is 11.6 Å². The number of unbranched alkanes of at least 4 members (excludes halogenated alkanes) is 1. The van der Waals surface area contributed by atoms with Crippen molar-refractivity contribution < 1.29 is 4.74 Å². The second-order valence-electron chi connectivity index (χ2n) is 5.39. The van der Waals surface area contributed by atoms with Gasteiger partial charge in [0.1, 0.15) is 0 Å². The second kappa shape index (κ2) is 8.89. The summed E-state index contributed by atoms with van der Waals surface area (Å²) in [5.41, 5.74) is 2.26. The van der Waals surface area contributed by atoms with Gasteiger partial charge in [0.25, 0.3) is 0 Å². The minimum Gasteiger partial charge on any atom is -0.385 e. The van der Waals surface area contributed by atoms with E-state index in [9.17, 15) is 0 Å². The largest absolute Gasteiger partial charge is 0.385 e. The van der Waals surface area contributed by atoms with Gasteiger partial charge in [-0.05, 0) is 56.3 Å². The highest BCUT2D eigenvalue weighted by Crippen LogP contribution is 2.27. The molecule has 118 valence electrons. The van der Waals surface area contributed by atoms with Crippen LogP contribution in [0.1, 0.15) is 30.1 Å². The lowest BCUT2D eigenvalue weighted by atomic mass is 10.0. The van der Waals surface area contributed by atoms with E-state index in [1.165, 1.54) is 5.56 Å². The Morgan fingerprint density at radius 2 is 1.91 bits per heavy atom. The summed E-state index contributed by atoms with van der Waals surface area (Å²) in [4.78, 5) is 6.88. The van der Waals surface area contributed by atoms with Gasteiger partial charge in [0.15, 0.2) is 0 Å². The van der Waals surface area contributed by atoms with Crippen molar-refractivity contribution in [2.24, 2.45) is 0 Å². The monoisotopic (exact) mass is 318 g/mol. The highest BCUT2D eigenvalue weighted by atomic mass is 35.5. The number of halogens is 1. The van der Waals surface area contributed by atoms with Gasteiger partial charge in [0.05, 0.1) is 11.7 Å². The van der Waals surface area contributed by atoms with Crippen LogP contribution in [0.5, 0.6) is 0 Å². The van der Waals surface area contributed by atoms with Crippen LogP contribution in [0.15, 0.2) is 48.7 Å². The molecule has 0 fully saturated rings. The molecule has 1 heterocycles. The van der Waals surface area contributed by atoms with Crippen LogP contribution in [-0.4, -0.2) is 37.2 Å². The van der Waals surface area contributed by atoms with Crippen LogP contribution < -0.4 is 0 Å². The van der Waals surface area contributed by atoms with Gasteiger partial charge in [-0.2, -0.15) is 0 Å². The van der Waals surface area contributed by atoms with Crippen LogP contribution in [-0.2, 0) is 4.74 Å². The summed E-state index contributed by atoms with van der Waals surface area (Å²) in [5.74, 6) is 0. The fourth-order valence-corrected chi connectivity index (χ4v) is 2.70. The van der Waals surface area contributed by atoms with Crippen LogP contribution in [0, 0.1) is 0 Å². The molecule has 0 saturated carbocycles. The maximum absolute atomic E-state index is 6.02. The summed E-state index contributed by atoms with van der Waals surface area (Å²) in [7, 11) is 3.88. The number of hydrogen-bond donors (Lipinski definition) is 0. The van der Waals surface area contributed by atoms with Crippen molar-refractivity contribution in [2.45, 2.75) is 18.9 Å². The molecular weight excluding hydrogens is 296 g/mol. The van der Waals surface area contributed by atoms with E-state index in [1.54, 1.807) is 7.11 Å². The standard InChI is InChI=1S/C18H23ClN2O/c1-21(13-5-6-14-22-2)18(17-7-3-4-12-20-17)15-8-10-16(19)11-9-15/h3-4,7-12,18H,5-6,13-14H2,1-2H3/t18-/m1/s1. The average molecular weight is 319 g/mol. The van der Waals surface area contributed by atoms with E-state index in [2.05, 4.69) is 35.1 Å². The Labute approximate surface area is 137 Å². The summed E-state index contributed by atoms with van der Waals surface area (Å²) in [6.07, 6.45) is 4.01. The third-order valence-electron chi connectivity index (χ3n) is 3.70. The van der Waals surface area contributed by atoms with Crippen molar-refractivity contribution in [1.29, 1.82) is 0 Å². The summed E-state index contributed by atoms with van der Waals surface area (Å²) in [5, 5.41) is 0.756. The molecule has 4 heteroatoms. The molecule has 1 aromatic carbocycles. The zero-order chi connectivity index (χ0) is 15.8. The molecule has 3 nitrogen and oxygen atoms in total. The quantitative estimate of drug-likeness (QED) is 0.683. The lowest BCUT2D eigenvalue weighted by Crippen LogP contribution is -2.27. The SMILES string of the molecule is COCCCCN(C)[C@H](c1ccc(Cl)cc1)c1ccccn1. The number of nitrogens with zero attached hydrogens (tertiary/aromatic N) is 2. The molecule has 0 saturated heterocycles. The summed E-state index contributed by atoms with van der Waals surface area (Å²) in [6.45, 7) is 1.80. The average Bonchev–Trinajstić information content (AvgIpc) is 2.55. The number of hydrogen-bond acceptors (Lipinski definition) is 3. The zero-order valence-corrected chi connectivity index (χ0v) is 14.0. The topological polar surface area (TPSA) is 25.4 Å². The molecule has 22 heavy (non-hydrogen) atoms. The first-order valence-electron chi connectivity index (χ1n) is 7.58. The molecule has 0 spiro atoms. The molecule has 0 N–H and O–H groups in total. The van der Waals surface area contributed by atoms with E-state index >= 15 is 0 Å². The first kappa shape index (κ1) is 16.9. The molecule has 0 bridgehead atoms. The Kier molecular flexibility index (Phi) is 6.84. The number of aromatic nitrogens is 1. The fraction of sp³-hybridized carbons (Fsp3) is 0.389. The Morgan fingerprint density at radius 1 is 1.14 bits per heavy atom. The minimum absolute atomic E-state index is 0.140. The number of ether oxygens (including phenoxy) is 1. The molecule has 0 unspecified atom stereocenters. The number of pyridine rings is 1. The van der Waals surface area contributed by atoms with E-state index in [0.717, 1.165) is 36.7 Å². The van der Waals surface area contributed by atoms with Crippen LogP contribution in [0.4, 0.5) is 0 Å². The van der Waals surface area contributed by atoms with Gasteiger partial charge in [-0.25, -0.2) is 0 Å². The fourth-order valence-electron chi connectivity index (χ4n) is 2.57. The van der Waals surface area contributed by atoms with E-state index < -0.39 is 0 Å². The van der Waals surface area contributed by atoms with Crippen molar-refractivity contribution in [3.05, 3.63) is 64.9 Å². The van der Waals surface area contributed by atoms with E-state index in [0.29, 0.717) is 0 Å². The van der Waals surface area contributed by atoms with Gasteiger partial charge in [0, 0.05) is 24.9 Å². The minimum atomic E-state index is 0.140. The molecule has 0 aliphatic rings. The molecule has 1 aromatic heterocycles. The predicted octanol–water partition coefficient (Wildman–Crippen LogP) is 4.18. The third kappa shape index (κ3) is 4.80. The Balaban J connectivity index is 2.16. The van der Waals surface area contributed by atoms with Gasteiger partial charge >= 0.3 is 0 Å². The molecular formula is C18H23ClN2O. The number of methoxy groups -OCH3 is 1. The maximum atomic E-state index is 6.02. The van der Waals surface area contributed by atoms with E-state index in [-0.39, 0.29) is 6.04 Å². The Morgan fingerprint density at radius 3 is 2.55 bits per heavy atom. The van der Waals surface area contributed by atoms with Crippen molar-refractivity contribution in [3.8, 4) is 0 Å². The molecule has 1 atom stereocenters. The molecule has 0 radical (unpaired) electrons. The summed E-state index contributed by atoms with van der Waals surface area (Å²) >= 11 is 6.02. The van der Waals surface area contributed by atoms with Crippen LogP contribution in [0.25, 0.3) is 0 Å². The number of rotatable bonds is 8. The predicted molar refractivity (Wildman–Crippen MR) is 91.3 cm³/mol. The zero-order valence-electron chi connectivity index (χ0n) is 13.2. The van der Waals surface area contributed by atoms with Crippen molar-refractivity contribution in [3.63, 3.8) is 0 Å². The highest BCUT2D eigenvalue weighted by Gasteiger charge is 2.20. The van der Waals surface area contributed by atoms with Gasteiger partial charge in [-0.1, -0.05) is 29.8 Å². The Hall–Kier alpha value is -1.42. The second-order valence-corrected chi connectivity index (χ2v) is 5.83. The highest BCUT2D eigenvalue weighted by molar-refractivity contribution is 6.30. The molecule has 2 aromatic rings. The van der Waals surface area contributed by atoms with Gasteiger partial charge in [-0.15, -0.1) is 0 Å². The normalized spacial score (nSPS) is 12.5. The first-order valence-corrected chi connectivity index (χ1v) is 7.95. The molecule has 0 aliphatic heterocycles. The van der Waals surface area contributed by atoms with Gasteiger partial charge in [0.2, 0.25) is 0 Å². The van der Waals surface area contributed by atoms with Gasteiger partial charge in [-0.3, -0.25) is 9.88 Å².